The van der Waals surface area contributed by atoms with Gasteiger partial charge in [-0.1, -0.05) is 11.6 Å². The van der Waals surface area contributed by atoms with Gasteiger partial charge in [-0.2, -0.15) is 15.0 Å². The van der Waals surface area contributed by atoms with Crippen molar-refractivity contribution < 1.29 is 9.53 Å². The van der Waals surface area contributed by atoms with Gasteiger partial charge >= 0.3 is 0 Å². The third kappa shape index (κ3) is 4.92. The Morgan fingerprint density at radius 2 is 1.45 bits per heavy atom. The molecule has 0 bridgehead atoms. The number of nitrogens with one attached hydrogen (secondary N) is 2. The number of carbonyl (C=O) groups excluding carboxylic acids is 1. The summed E-state index contributed by atoms with van der Waals surface area (Å²) in [6, 6.07) is 14.5. The molecule has 0 radical (unpaired) electrons. The minimum atomic E-state index is -0.0564. The Morgan fingerprint density at radius 3 is 2.03 bits per heavy atom. The van der Waals surface area contributed by atoms with Crippen LogP contribution in [-0.4, -0.2) is 40.6 Å². The standard InChI is InChI=1S/C19H16Cl2N6O2/c20-12-1-3-13(4-2-12)22-18-24-17(21)25-19(26-18)23-14-5-7-15(8-6-14)27-9-10-29-11-16(27)28/h1-8H,9-11H2,(H2,22,23,24,25,26). The molecule has 3 aromatic rings. The van der Waals surface area contributed by atoms with Crippen LogP contribution in [0.3, 0.4) is 0 Å². The van der Waals surface area contributed by atoms with Crippen LogP contribution in [-0.2, 0) is 9.53 Å². The molecule has 10 heteroatoms. The molecular weight excluding hydrogens is 415 g/mol. The van der Waals surface area contributed by atoms with Gasteiger partial charge in [0.1, 0.15) is 6.61 Å². The Morgan fingerprint density at radius 1 is 0.862 bits per heavy atom. The summed E-state index contributed by atoms with van der Waals surface area (Å²) >= 11 is 11.9. The van der Waals surface area contributed by atoms with Gasteiger partial charge in [-0.05, 0) is 60.1 Å². The Labute approximate surface area is 176 Å². The van der Waals surface area contributed by atoms with Gasteiger partial charge in [0, 0.05) is 28.6 Å². The van der Waals surface area contributed by atoms with Crippen LogP contribution < -0.4 is 15.5 Å². The molecule has 2 aromatic carbocycles. The molecule has 2 N–H and O–H groups in total. The average molecular weight is 431 g/mol. The van der Waals surface area contributed by atoms with Crippen LogP contribution in [0.2, 0.25) is 10.3 Å². The molecule has 1 aliphatic rings. The van der Waals surface area contributed by atoms with E-state index in [1.807, 2.05) is 24.3 Å². The second-order valence-corrected chi connectivity index (χ2v) is 6.93. The fourth-order valence-corrected chi connectivity index (χ4v) is 3.06. The van der Waals surface area contributed by atoms with Crippen molar-refractivity contribution in [2.75, 3.05) is 35.3 Å². The summed E-state index contributed by atoms with van der Waals surface area (Å²) in [4.78, 5) is 26.1. The van der Waals surface area contributed by atoms with Gasteiger partial charge in [-0.3, -0.25) is 4.79 Å². The van der Waals surface area contributed by atoms with Gasteiger partial charge in [0.15, 0.2) is 0 Å². The lowest BCUT2D eigenvalue weighted by Crippen LogP contribution is -2.41. The molecule has 1 aliphatic heterocycles. The highest BCUT2D eigenvalue weighted by Gasteiger charge is 2.19. The van der Waals surface area contributed by atoms with Crippen molar-refractivity contribution in [3.8, 4) is 0 Å². The van der Waals surface area contributed by atoms with Crippen LogP contribution in [0.5, 0.6) is 0 Å². The summed E-state index contributed by atoms with van der Waals surface area (Å²) in [7, 11) is 0. The number of anilines is 5. The van der Waals surface area contributed by atoms with Gasteiger partial charge in [0.05, 0.1) is 6.61 Å². The molecule has 0 atom stereocenters. The minimum absolute atomic E-state index is 0.0505. The Kier molecular flexibility index (Phi) is 5.75. The number of ether oxygens (including phenoxy) is 1. The van der Waals surface area contributed by atoms with Crippen LogP contribution >= 0.6 is 23.2 Å². The number of benzene rings is 2. The molecule has 1 aromatic heterocycles. The predicted molar refractivity (Wildman–Crippen MR) is 112 cm³/mol. The van der Waals surface area contributed by atoms with Gasteiger partial charge in [0.2, 0.25) is 17.2 Å². The number of nitrogens with zero attached hydrogens (tertiary/aromatic N) is 4. The first kappa shape index (κ1) is 19.4. The smallest absolute Gasteiger partial charge is 0.253 e. The number of amides is 1. The lowest BCUT2D eigenvalue weighted by molar-refractivity contribution is -0.125. The van der Waals surface area contributed by atoms with Gasteiger partial charge in [0.25, 0.3) is 5.91 Å². The lowest BCUT2D eigenvalue weighted by atomic mass is 10.2. The summed E-state index contributed by atoms with van der Waals surface area (Å²) in [5.41, 5.74) is 2.32. The SMILES string of the molecule is O=C1COCCN1c1ccc(Nc2nc(Cl)nc(Nc3ccc(Cl)cc3)n2)cc1. The van der Waals surface area contributed by atoms with Crippen molar-refractivity contribution in [1.82, 2.24) is 15.0 Å². The predicted octanol–water partition coefficient (Wildman–Crippen LogP) is 4.03. The molecule has 1 fully saturated rings. The van der Waals surface area contributed by atoms with Crippen molar-refractivity contribution in [2.24, 2.45) is 0 Å². The maximum absolute atomic E-state index is 11.9. The second kappa shape index (κ2) is 8.60. The van der Waals surface area contributed by atoms with E-state index in [1.165, 1.54) is 0 Å². The number of morpholine rings is 1. The van der Waals surface area contributed by atoms with E-state index < -0.39 is 0 Å². The first-order chi connectivity index (χ1) is 14.1. The Bertz CT molecular complexity index is 1010. The van der Waals surface area contributed by atoms with Gasteiger partial charge < -0.3 is 20.3 Å². The van der Waals surface area contributed by atoms with E-state index >= 15 is 0 Å². The van der Waals surface area contributed by atoms with E-state index in [9.17, 15) is 4.79 Å². The number of hydrogen-bond donors (Lipinski definition) is 2. The molecular formula is C19H16Cl2N6O2. The van der Waals surface area contributed by atoms with E-state index in [4.69, 9.17) is 27.9 Å². The van der Waals surface area contributed by atoms with E-state index in [0.717, 1.165) is 17.1 Å². The molecule has 0 unspecified atom stereocenters. The fourth-order valence-electron chi connectivity index (χ4n) is 2.77. The fraction of sp³-hybridized carbons (Fsp3) is 0.158. The zero-order valence-corrected chi connectivity index (χ0v) is 16.6. The Hall–Kier alpha value is -2.94. The van der Waals surface area contributed by atoms with Crippen molar-refractivity contribution in [3.63, 3.8) is 0 Å². The number of rotatable bonds is 5. The zero-order chi connectivity index (χ0) is 20.2. The largest absolute Gasteiger partial charge is 0.370 e. The van der Waals surface area contributed by atoms with Crippen molar-refractivity contribution >= 4 is 58.1 Å². The maximum Gasteiger partial charge on any atom is 0.253 e. The van der Waals surface area contributed by atoms with Crippen molar-refractivity contribution in [2.45, 2.75) is 0 Å². The average Bonchev–Trinajstić information content (AvgIpc) is 2.70. The summed E-state index contributed by atoms with van der Waals surface area (Å²) in [6.45, 7) is 1.17. The summed E-state index contributed by atoms with van der Waals surface area (Å²) < 4.78 is 5.16. The third-order valence-electron chi connectivity index (χ3n) is 4.13. The number of aromatic nitrogens is 3. The normalized spacial score (nSPS) is 14.0. The summed E-state index contributed by atoms with van der Waals surface area (Å²) in [5.74, 6) is 0.529. The van der Waals surface area contributed by atoms with Crippen LogP contribution in [0.4, 0.5) is 29.0 Å². The van der Waals surface area contributed by atoms with E-state index in [1.54, 1.807) is 29.2 Å². The number of carbonyl (C=O) groups is 1. The summed E-state index contributed by atoms with van der Waals surface area (Å²) in [5, 5.41) is 6.82. The molecule has 2 heterocycles. The van der Waals surface area contributed by atoms with Gasteiger partial charge in [-0.15, -0.1) is 0 Å². The third-order valence-corrected chi connectivity index (χ3v) is 4.55. The maximum atomic E-state index is 11.9. The molecule has 0 spiro atoms. The monoisotopic (exact) mass is 430 g/mol. The van der Waals surface area contributed by atoms with Crippen LogP contribution in [0.1, 0.15) is 0 Å². The molecule has 29 heavy (non-hydrogen) atoms. The molecule has 1 amide bonds. The van der Waals surface area contributed by atoms with Crippen LogP contribution in [0, 0.1) is 0 Å². The van der Waals surface area contributed by atoms with Gasteiger partial charge in [-0.25, -0.2) is 0 Å². The van der Waals surface area contributed by atoms with Crippen molar-refractivity contribution in [1.29, 1.82) is 0 Å². The quantitative estimate of drug-likeness (QED) is 0.630. The Balaban J connectivity index is 1.48. The molecule has 148 valence electrons. The number of hydrogen-bond acceptors (Lipinski definition) is 7. The minimum Gasteiger partial charge on any atom is -0.370 e. The van der Waals surface area contributed by atoms with E-state index in [2.05, 4.69) is 25.6 Å². The number of halogens is 2. The molecule has 0 aliphatic carbocycles. The van der Waals surface area contributed by atoms with Crippen LogP contribution in [0.25, 0.3) is 0 Å². The topological polar surface area (TPSA) is 92.3 Å². The molecule has 8 nitrogen and oxygen atoms in total. The highest BCUT2D eigenvalue weighted by atomic mass is 35.5. The summed E-state index contributed by atoms with van der Waals surface area (Å²) in [6.07, 6.45) is 0. The lowest BCUT2D eigenvalue weighted by Gasteiger charge is -2.26. The first-order valence-electron chi connectivity index (χ1n) is 8.76. The second-order valence-electron chi connectivity index (χ2n) is 6.15. The molecule has 1 saturated heterocycles. The molecule has 4 rings (SSSR count). The van der Waals surface area contributed by atoms with Crippen LogP contribution in [0.15, 0.2) is 48.5 Å². The first-order valence-corrected chi connectivity index (χ1v) is 9.52. The van der Waals surface area contributed by atoms with Crippen molar-refractivity contribution in [3.05, 3.63) is 58.8 Å². The molecule has 0 saturated carbocycles. The highest BCUT2D eigenvalue weighted by molar-refractivity contribution is 6.30. The zero-order valence-electron chi connectivity index (χ0n) is 15.1. The van der Waals surface area contributed by atoms with E-state index in [0.29, 0.717) is 24.1 Å². The van der Waals surface area contributed by atoms with E-state index in [-0.39, 0.29) is 23.7 Å². The highest BCUT2D eigenvalue weighted by Crippen LogP contribution is 2.23.